The maximum absolute atomic E-state index is 14.3. The van der Waals surface area contributed by atoms with E-state index in [1.165, 1.54) is 31.8 Å². The molecule has 1 saturated carbocycles. The summed E-state index contributed by atoms with van der Waals surface area (Å²) in [5.74, 6) is -7.76. The number of carbonyl (C=O) groups is 4. The van der Waals surface area contributed by atoms with Gasteiger partial charge in [-0.2, -0.15) is 4.98 Å². The Morgan fingerprint density at radius 3 is 2.27 bits per heavy atom. The number of methoxy groups -OCH3 is 3. The molecular weight excluding hydrogens is 867 g/mol. The number of allylic oxidation sites excluding steroid dienone is 4. The number of nitrogens with zero attached hydrogens (tertiary/aromatic N) is 3. The first-order valence-electron chi connectivity index (χ1n) is 23.6. The number of aliphatic hydroxyl groups excluding tert-OH is 2. The monoisotopic (exact) mass is 940 g/mol. The summed E-state index contributed by atoms with van der Waals surface area (Å²) >= 11 is 0. The Bertz CT molecular complexity index is 2140. The maximum Gasteiger partial charge on any atom is 0.329 e. The zero-order valence-corrected chi connectivity index (χ0v) is 40.4. The van der Waals surface area contributed by atoms with E-state index in [4.69, 9.17) is 23.7 Å². The van der Waals surface area contributed by atoms with Gasteiger partial charge in [0, 0.05) is 52.0 Å². The van der Waals surface area contributed by atoms with Gasteiger partial charge in [-0.15, -0.1) is 6.58 Å². The van der Waals surface area contributed by atoms with Gasteiger partial charge < -0.3 is 53.9 Å². The molecule has 18 heteroatoms. The third-order valence-corrected chi connectivity index (χ3v) is 14.1. The SMILES string of the molecule is C=CC[C@@H]1/C=C(\C)C[C@H](C)C[C@H](OC)[C@H]2O[C@@](O)(C(=O)C(=O)N3CCCC[C@H]3C(=O)O[C@H](/C(C)=C/[C@@H]3CC[C@@H](O)[C@H](OC)C3)[C@H](C)[C@@H](O)CC1=O)[C@H](C)C[C@@H]2OC.O=c1nc[nH]c2nc[nH]c12. The normalized spacial score (nSPS) is 36.4. The zero-order valence-electron chi connectivity index (χ0n) is 40.4. The number of rotatable bonds is 7. The van der Waals surface area contributed by atoms with Crippen LogP contribution >= 0.6 is 0 Å². The van der Waals surface area contributed by atoms with Crippen LogP contribution in [0.25, 0.3) is 11.2 Å². The number of amides is 1. The summed E-state index contributed by atoms with van der Waals surface area (Å²) in [4.78, 5) is 81.4. The minimum Gasteiger partial charge on any atom is -0.456 e. The molecule has 2 aromatic rings. The number of Topliss-reactive ketones (excluding diaryl/α,β-unsaturated/α-hetero) is 2. The fourth-order valence-electron chi connectivity index (χ4n) is 10.2. The number of hydrogen-bond acceptors (Lipinski definition) is 15. The summed E-state index contributed by atoms with van der Waals surface area (Å²) in [6.07, 6.45) is 7.70. The summed E-state index contributed by atoms with van der Waals surface area (Å²) in [7, 11) is 4.61. The predicted molar refractivity (Wildman–Crippen MR) is 247 cm³/mol. The summed E-state index contributed by atoms with van der Waals surface area (Å²) in [6.45, 7) is 13.1. The van der Waals surface area contributed by atoms with E-state index in [9.17, 15) is 39.3 Å². The van der Waals surface area contributed by atoms with Crippen molar-refractivity contribution in [3.63, 3.8) is 0 Å². The molecule has 2 aromatic heterocycles. The molecule has 67 heavy (non-hydrogen) atoms. The highest BCUT2D eigenvalue weighted by Gasteiger charge is 2.56. The smallest absolute Gasteiger partial charge is 0.329 e. The van der Waals surface area contributed by atoms with Crippen molar-refractivity contribution in [2.75, 3.05) is 27.9 Å². The fourth-order valence-corrected chi connectivity index (χ4v) is 10.2. The summed E-state index contributed by atoms with van der Waals surface area (Å²) in [5, 5.41) is 34.1. The van der Waals surface area contributed by atoms with Crippen LogP contribution in [0.1, 0.15) is 105 Å². The van der Waals surface area contributed by atoms with Crippen molar-refractivity contribution >= 4 is 34.6 Å². The molecule has 5 N–H and O–H groups in total. The lowest BCUT2D eigenvalue weighted by Crippen LogP contribution is -2.64. The first-order chi connectivity index (χ1) is 31.9. The van der Waals surface area contributed by atoms with E-state index in [2.05, 4.69) is 26.5 Å². The van der Waals surface area contributed by atoms with Gasteiger partial charge in [0.25, 0.3) is 17.2 Å². The van der Waals surface area contributed by atoms with E-state index >= 15 is 0 Å². The number of fused-ring (bicyclic) bond motifs is 4. The largest absolute Gasteiger partial charge is 0.456 e. The molecule has 1 aliphatic carbocycles. The molecule has 14 atom stereocenters. The van der Waals surface area contributed by atoms with Gasteiger partial charge in [-0.1, -0.05) is 44.6 Å². The van der Waals surface area contributed by atoms with E-state index in [1.54, 1.807) is 27.0 Å². The van der Waals surface area contributed by atoms with Crippen molar-refractivity contribution in [3.8, 4) is 0 Å². The number of H-pyrrole nitrogens is 2. The van der Waals surface area contributed by atoms with Crippen LogP contribution in [0.3, 0.4) is 0 Å². The second kappa shape index (κ2) is 24.2. The second-order valence-corrected chi connectivity index (χ2v) is 19.1. The number of nitrogens with one attached hydrogen (secondary N) is 2. The lowest BCUT2D eigenvalue weighted by Gasteiger charge is -2.47. The Morgan fingerprint density at radius 1 is 0.910 bits per heavy atom. The molecule has 18 nitrogen and oxygen atoms in total. The van der Waals surface area contributed by atoms with E-state index in [-0.39, 0.29) is 55.1 Å². The number of hydrogen-bond donors (Lipinski definition) is 5. The van der Waals surface area contributed by atoms with Crippen LogP contribution in [0.4, 0.5) is 0 Å². The van der Waals surface area contributed by atoms with Crippen LogP contribution < -0.4 is 5.56 Å². The van der Waals surface area contributed by atoms with Crippen LogP contribution in [0.2, 0.25) is 0 Å². The lowest BCUT2D eigenvalue weighted by atomic mass is 9.81. The molecule has 2 saturated heterocycles. The van der Waals surface area contributed by atoms with E-state index in [0.717, 1.165) is 5.57 Å². The quantitative estimate of drug-likeness (QED) is 0.148. The summed E-state index contributed by atoms with van der Waals surface area (Å²) in [5.41, 5.74) is 2.28. The predicted octanol–water partition coefficient (Wildman–Crippen LogP) is 4.29. The molecule has 5 heterocycles. The number of aliphatic hydroxyl groups is 3. The Morgan fingerprint density at radius 2 is 1.60 bits per heavy atom. The minimum atomic E-state index is -2.51. The Kier molecular flexibility index (Phi) is 19.3. The number of aromatic nitrogens is 4. The highest BCUT2D eigenvalue weighted by Crippen LogP contribution is 2.39. The number of ether oxygens (including phenoxy) is 5. The van der Waals surface area contributed by atoms with Gasteiger partial charge in [-0.3, -0.25) is 19.2 Å². The molecule has 6 rings (SSSR count). The zero-order chi connectivity index (χ0) is 49.2. The number of cyclic esters (lactones) is 1. The van der Waals surface area contributed by atoms with Crippen LogP contribution in [0, 0.1) is 29.6 Å². The number of ketones is 2. The first-order valence-corrected chi connectivity index (χ1v) is 23.6. The summed E-state index contributed by atoms with van der Waals surface area (Å²) in [6, 6.07) is -1.14. The molecule has 2 bridgehead atoms. The number of carbonyl (C=O) groups excluding carboxylic acids is 4. The van der Waals surface area contributed by atoms with Gasteiger partial charge in [0.1, 0.15) is 24.0 Å². The topological polar surface area (TPSA) is 253 Å². The van der Waals surface area contributed by atoms with Gasteiger partial charge in [0.05, 0.1) is 43.2 Å². The lowest BCUT2D eigenvalue weighted by molar-refractivity contribution is -0.302. The number of piperidine rings is 1. The molecule has 3 fully saturated rings. The molecule has 0 spiro atoms. The van der Waals surface area contributed by atoms with E-state index in [1.807, 2.05) is 32.9 Å². The molecule has 4 aliphatic rings. The van der Waals surface area contributed by atoms with Gasteiger partial charge in [-0.05, 0) is 95.5 Å². The highest BCUT2D eigenvalue weighted by atomic mass is 16.7. The minimum absolute atomic E-state index is 0.00988. The van der Waals surface area contributed by atoms with Crippen LogP contribution in [-0.2, 0) is 42.9 Å². The molecule has 0 radical (unpaired) electrons. The van der Waals surface area contributed by atoms with Gasteiger partial charge in [-0.25, -0.2) is 9.78 Å². The van der Waals surface area contributed by atoms with Gasteiger partial charge >= 0.3 is 5.97 Å². The third kappa shape index (κ3) is 13.0. The number of imidazole rings is 1. The molecular formula is C49H73N5O13. The highest BCUT2D eigenvalue weighted by molar-refractivity contribution is 6.39. The van der Waals surface area contributed by atoms with Crippen LogP contribution in [0.5, 0.6) is 0 Å². The molecule has 0 aromatic carbocycles. The fraction of sp³-hybridized carbons (Fsp3) is 0.694. The van der Waals surface area contributed by atoms with Crippen molar-refractivity contribution in [1.82, 2.24) is 24.8 Å². The van der Waals surface area contributed by atoms with Crippen molar-refractivity contribution < 1.29 is 58.2 Å². The van der Waals surface area contributed by atoms with E-state index in [0.29, 0.717) is 68.1 Å². The maximum atomic E-state index is 14.3. The molecule has 0 unspecified atom stereocenters. The van der Waals surface area contributed by atoms with Crippen molar-refractivity contribution in [2.45, 2.75) is 160 Å². The summed E-state index contributed by atoms with van der Waals surface area (Å²) < 4.78 is 29.7. The standard InChI is InChI=1S/C44H69NO12.C5H4N4O/c1-10-13-31-19-25(2)18-26(3)20-37(54-8)40-38(55-9)22-28(5)44(52,57-40)41(49)42(50)45-17-12-11-14-32(45)43(51)56-39(29(6)34(47)24-35(31)48)27(4)21-30-15-16-33(46)36(23-30)53-7;10-5-3-4(7-1-6-3)8-2-9-5/h10,19,21,26,28-34,36-40,46-47,52H,1,11-18,20,22-24H2,2-9H3;1-2H,(H2,6,7,8,9,10)/b25-19+,27-21+;/t26-,28+,29+,30-,31+,32-,33+,34-,36+,37-,38-,39+,40+,44+;/m0./s1. The average Bonchev–Trinajstić information content (AvgIpc) is 3.81. The Balaban J connectivity index is 0.000000733. The van der Waals surface area contributed by atoms with Gasteiger partial charge in [0.2, 0.25) is 5.79 Å². The molecule has 372 valence electrons. The first kappa shape index (κ1) is 53.5. The Labute approximate surface area is 392 Å². The number of aromatic amines is 2. The van der Waals surface area contributed by atoms with Crippen molar-refractivity contribution in [2.24, 2.45) is 29.6 Å². The second-order valence-electron chi connectivity index (χ2n) is 19.1. The molecule has 3 aliphatic heterocycles. The van der Waals surface area contributed by atoms with E-state index < -0.39 is 83.9 Å². The van der Waals surface area contributed by atoms with Gasteiger partial charge in [0.15, 0.2) is 11.2 Å². The van der Waals surface area contributed by atoms with Crippen LogP contribution in [0.15, 0.2) is 53.4 Å². The van der Waals surface area contributed by atoms with Crippen LogP contribution in [-0.4, -0.2) is 146 Å². The molecule has 1 amide bonds. The Hall–Kier alpha value is -4.43. The van der Waals surface area contributed by atoms with Crippen molar-refractivity contribution in [3.05, 3.63) is 59.0 Å². The number of esters is 1. The average molecular weight is 940 g/mol. The third-order valence-electron chi connectivity index (χ3n) is 14.1. The van der Waals surface area contributed by atoms with Crippen molar-refractivity contribution in [1.29, 1.82) is 0 Å².